The molecule has 0 atom stereocenters. The number of nitrogens with zero attached hydrogens (tertiary/aromatic N) is 2. The molecule has 1 aliphatic carbocycles. The van der Waals surface area contributed by atoms with Crippen LogP contribution in [0.4, 0.5) is 5.82 Å². The van der Waals surface area contributed by atoms with Crippen molar-refractivity contribution < 1.29 is 4.74 Å². The number of fused-ring (bicyclic) bond motifs is 1. The average Bonchev–Trinajstić information content (AvgIpc) is 3.00. The van der Waals surface area contributed by atoms with E-state index < -0.39 is 0 Å². The van der Waals surface area contributed by atoms with E-state index in [1.807, 2.05) is 13.8 Å². The number of benzene rings is 1. The van der Waals surface area contributed by atoms with Crippen molar-refractivity contribution in [2.45, 2.75) is 71.8 Å². The molecule has 5 heteroatoms. The molecule has 29 heavy (non-hydrogen) atoms. The van der Waals surface area contributed by atoms with E-state index in [0.29, 0.717) is 12.6 Å². The predicted octanol–water partition coefficient (Wildman–Crippen LogP) is 6.90. The summed E-state index contributed by atoms with van der Waals surface area (Å²) in [5.74, 6) is 2.75. The molecule has 0 saturated heterocycles. The first kappa shape index (κ1) is 20.1. The van der Waals surface area contributed by atoms with Gasteiger partial charge < -0.3 is 10.1 Å². The number of nitrogens with one attached hydrogen (secondary N) is 1. The van der Waals surface area contributed by atoms with Gasteiger partial charge in [-0.1, -0.05) is 44.2 Å². The van der Waals surface area contributed by atoms with Crippen molar-refractivity contribution in [2.24, 2.45) is 0 Å². The predicted molar refractivity (Wildman–Crippen MR) is 123 cm³/mol. The summed E-state index contributed by atoms with van der Waals surface area (Å²) in [5.41, 5.74) is 2.45. The number of rotatable bonds is 5. The van der Waals surface area contributed by atoms with Crippen LogP contribution in [-0.2, 0) is 0 Å². The molecule has 1 N–H and O–H groups in total. The molecule has 1 aliphatic rings. The lowest BCUT2D eigenvalue weighted by molar-refractivity contribution is 0.340. The Hall–Kier alpha value is -2.14. The van der Waals surface area contributed by atoms with Crippen LogP contribution in [0.3, 0.4) is 0 Å². The zero-order chi connectivity index (χ0) is 20.2. The Labute approximate surface area is 177 Å². The van der Waals surface area contributed by atoms with E-state index in [9.17, 15) is 0 Å². The fourth-order valence-electron chi connectivity index (χ4n) is 4.35. The fraction of sp³-hybridized carbons (Fsp3) is 0.500. The van der Waals surface area contributed by atoms with Crippen LogP contribution in [0.1, 0.15) is 62.6 Å². The second kappa shape index (κ2) is 9.12. The van der Waals surface area contributed by atoms with Gasteiger partial charge in [0, 0.05) is 16.5 Å². The van der Waals surface area contributed by atoms with Crippen molar-refractivity contribution in [2.75, 3.05) is 11.9 Å². The molecule has 0 unspecified atom stereocenters. The minimum Gasteiger partial charge on any atom is -0.494 e. The highest BCUT2D eigenvalue weighted by Crippen LogP contribution is 2.41. The van der Waals surface area contributed by atoms with Gasteiger partial charge in [-0.3, -0.25) is 0 Å². The van der Waals surface area contributed by atoms with Crippen LogP contribution >= 0.6 is 11.3 Å². The van der Waals surface area contributed by atoms with Crippen molar-refractivity contribution >= 4 is 27.4 Å². The molecule has 2 heterocycles. The number of hydrogen-bond acceptors (Lipinski definition) is 5. The monoisotopic (exact) mass is 409 g/mol. The van der Waals surface area contributed by atoms with Crippen molar-refractivity contribution in [3.8, 4) is 16.9 Å². The fourth-order valence-corrected chi connectivity index (χ4v) is 5.44. The van der Waals surface area contributed by atoms with E-state index in [-0.39, 0.29) is 0 Å². The SMILES string of the molecule is CCOc1ccc(-c2c(C)sc3nc(C)nc(NC4CCCCCCC4)c23)cc1. The van der Waals surface area contributed by atoms with Crippen molar-refractivity contribution in [1.82, 2.24) is 9.97 Å². The van der Waals surface area contributed by atoms with Crippen LogP contribution < -0.4 is 10.1 Å². The molecule has 4 nitrogen and oxygen atoms in total. The van der Waals surface area contributed by atoms with Gasteiger partial charge in [-0.15, -0.1) is 11.3 Å². The van der Waals surface area contributed by atoms with Gasteiger partial charge in [-0.2, -0.15) is 0 Å². The van der Waals surface area contributed by atoms with E-state index in [1.165, 1.54) is 66.3 Å². The van der Waals surface area contributed by atoms with Crippen LogP contribution in [0, 0.1) is 13.8 Å². The van der Waals surface area contributed by atoms with Crippen LogP contribution in [0.15, 0.2) is 24.3 Å². The Bertz CT molecular complexity index is 956. The number of aromatic nitrogens is 2. The third-order valence-corrected chi connectivity index (χ3v) is 6.74. The first-order valence-corrected chi connectivity index (χ1v) is 11.7. The number of thiophene rings is 1. The summed E-state index contributed by atoms with van der Waals surface area (Å²) < 4.78 is 5.62. The van der Waals surface area contributed by atoms with Crippen LogP contribution in [0.2, 0.25) is 0 Å². The van der Waals surface area contributed by atoms with Gasteiger partial charge in [0.2, 0.25) is 0 Å². The summed E-state index contributed by atoms with van der Waals surface area (Å²) in [4.78, 5) is 12.0. The second-order valence-electron chi connectivity index (χ2n) is 7.98. The summed E-state index contributed by atoms with van der Waals surface area (Å²) in [6.07, 6.45) is 9.16. The Morgan fingerprint density at radius 3 is 2.38 bits per heavy atom. The lowest BCUT2D eigenvalue weighted by Crippen LogP contribution is -2.21. The summed E-state index contributed by atoms with van der Waals surface area (Å²) >= 11 is 1.76. The van der Waals surface area contributed by atoms with Gasteiger partial charge in [0.25, 0.3) is 0 Å². The minimum absolute atomic E-state index is 0.501. The quantitative estimate of drug-likeness (QED) is 0.498. The van der Waals surface area contributed by atoms with E-state index in [1.54, 1.807) is 11.3 Å². The average molecular weight is 410 g/mol. The molecule has 0 radical (unpaired) electrons. The second-order valence-corrected chi connectivity index (χ2v) is 9.18. The smallest absolute Gasteiger partial charge is 0.139 e. The third kappa shape index (κ3) is 4.55. The first-order valence-electron chi connectivity index (χ1n) is 10.9. The standard InChI is InChI=1S/C24H31N3OS/c1-4-28-20-14-12-18(13-15-20)21-16(2)29-24-22(21)23(25-17(3)26-24)27-19-10-8-6-5-7-9-11-19/h12-15,19H,4-11H2,1-3H3,(H,25,26,27). The maximum absolute atomic E-state index is 5.62. The molecule has 0 bridgehead atoms. The molecule has 4 rings (SSSR count). The summed E-state index contributed by atoms with van der Waals surface area (Å²) in [5, 5.41) is 4.99. The maximum atomic E-state index is 5.62. The molecule has 0 spiro atoms. The van der Waals surface area contributed by atoms with E-state index in [2.05, 4.69) is 36.5 Å². The molecule has 154 valence electrons. The molecular formula is C24H31N3OS. The van der Waals surface area contributed by atoms with Crippen LogP contribution in [0.25, 0.3) is 21.3 Å². The highest BCUT2D eigenvalue weighted by molar-refractivity contribution is 7.19. The maximum Gasteiger partial charge on any atom is 0.139 e. The Balaban J connectivity index is 1.74. The molecular weight excluding hydrogens is 378 g/mol. The highest BCUT2D eigenvalue weighted by Gasteiger charge is 2.20. The Morgan fingerprint density at radius 1 is 1.00 bits per heavy atom. The lowest BCUT2D eigenvalue weighted by Gasteiger charge is -2.22. The Kier molecular flexibility index (Phi) is 6.34. The first-order chi connectivity index (χ1) is 14.2. The Morgan fingerprint density at radius 2 is 1.69 bits per heavy atom. The van der Waals surface area contributed by atoms with Crippen LogP contribution in [0.5, 0.6) is 5.75 Å². The molecule has 0 aliphatic heterocycles. The largest absolute Gasteiger partial charge is 0.494 e. The topological polar surface area (TPSA) is 47.0 Å². The van der Waals surface area contributed by atoms with Gasteiger partial charge in [0.15, 0.2) is 0 Å². The molecule has 1 aromatic carbocycles. The molecule has 0 amide bonds. The number of hydrogen-bond donors (Lipinski definition) is 1. The minimum atomic E-state index is 0.501. The van der Waals surface area contributed by atoms with E-state index in [0.717, 1.165) is 22.2 Å². The summed E-state index contributed by atoms with van der Waals surface area (Å²) in [7, 11) is 0. The van der Waals surface area contributed by atoms with Gasteiger partial charge in [0.05, 0.1) is 12.0 Å². The molecule has 1 saturated carbocycles. The van der Waals surface area contributed by atoms with E-state index >= 15 is 0 Å². The molecule has 1 fully saturated rings. The normalized spacial score (nSPS) is 15.8. The van der Waals surface area contributed by atoms with E-state index in [4.69, 9.17) is 14.7 Å². The van der Waals surface area contributed by atoms with Gasteiger partial charge in [-0.25, -0.2) is 9.97 Å². The number of ether oxygens (including phenoxy) is 1. The third-order valence-electron chi connectivity index (χ3n) is 5.74. The van der Waals surface area contributed by atoms with Crippen LogP contribution in [-0.4, -0.2) is 22.6 Å². The van der Waals surface area contributed by atoms with Gasteiger partial charge in [0.1, 0.15) is 22.2 Å². The summed E-state index contributed by atoms with van der Waals surface area (Å²) in [6, 6.07) is 8.91. The molecule has 2 aromatic heterocycles. The molecule has 3 aromatic rings. The number of anilines is 1. The zero-order valence-corrected chi connectivity index (χ0v) is 18.6. The highest BCUT2D eigenvalue weighted by atomic mass is 32.1. The van der Waals surface area contributed by atoms with Gasteiger partial charge in [-0.05, 0) is 51.3 Å². The zero-order valence-electron chi connectivity index (χ0n) is 17.8. The van der Waals surface area contributed by atoms with Crippen molar-refractivity contribution in [1.29, 1.82) is 0 Å². The van der Waals surface area contributed by atoms with Crippen molar-refractivity contribution in [3.05, 3.63) is 35.0 Å². The van der Waals surface area contributed by atoms with Crippen molar-refractivity contribution in [3.63, 3.8) is 0 Å². The lowest BCUT2D eigenvalue weighted by atomic mass is 9.96. The number of aryl methyl sites for hydroxylation is 2. The van der Waals surface area contributed by atoms with Gasteiger partial charge >= 0.3 is 0 Å². The summed E-state index contributed by atoms with van der Waals surface area (Å²) in [6.45, 7) is 6.88.